The van der Waals surface area contributed by atoms with Gasteiger partial charge in [-0.05, 0) is 54.2 Å². The lowest BCUT2D eigenvalue weighted by Gasteiger charge is -2.19. The molecule has 148 valence electrons. The molecule has 0 atom stereocenters. The van der Waals surface area contributed by atoms with Crippen molar-refractivity contribution in [1.82, 2.24) is 4.90 Å². The van der Waals surface area contributed by atoms with Gasteiger partial charge < -0.3 is 15.0 Å². The number of ether oxygens (including phenoxy) is 1. The van der Waals surface area contributed by atoms with Crippen LogP contribution in [0, 0.1) is 0 Å². The number of benzene rings is 2. The fourth-order valence-corrected chi connectivity index (χ4v) is 3.23. The molecule has 3 rings (SSSR count). The number of nitrogens with zero attached hydrogens (tertiary/aromatic N) is 1. The van der Waals surface area contributed by atoms with Gasteiger partial charge in [0.15, 0.2) is 6.61 Å². The maximum Gasteiger partial charge on any atom is 0.262 e. The molecule has 0 spiro atoms. The molecule has 1 fully saturated rings. The van der Waals surface area contributed by atoms with Gasteiger partial charge in [0.1, 0.15) is 5.75 Å². The lowest BCUT2D eigenvalue weighted by atomic mass is 9.87. The van der Waals surface area contributed by atoms with Crippen LogP contribution in [0.4, 0.5) is 5.69 Å². The van der Waals surface area contributed by atoms with E-state index in [0.717, 1.165) is 31.5 Å². The maximum absolute atomic E-state index is 12.5. The Morgan fingerprint density at radius 3 is 2.46 bits per heavy atom. The number of carbonyl (C=O) groups is 2. The third-order valence-electron chi connectivity index (χ3n) is 4.86. The number of nitrogens with one attached hydrogen (secondary N) is 1. The van der Waals surface area contributed by atoms with Crippen molar-refractivity contribution < 1.29 is 14.3 Å². The highest BCUT2D eigenvalue weighted by Crippen LogP contribution is 2.25. The number of hydrogen-bond acceptors (Lipinski definition) is 3. The van der Waals surface area contributed by atoms with Crippen LogP contribution in [0.5, 0.6) is 5.75 Å². The maximum atomic E-state index is 12.5. The van der Waals surface area contributed by atoms with E-state index in [-0.39, 0.29) is 23.8 Å². The van der Waals surface area contributed by atoms with Gasteiger partial charge in [0.2, 0.25) is 0 Å². The Bertz CT molecular complexity index is 849. The summed E-state index contributed by atoms with van der Waals surface area (Å²) in [5.74, 6) is 0.427. The molecule has 0 bridgehead atoms. The van der Waals surface area contributed by atoms with E-state index in [4.69, 9.17) is 4.74 Å². The Kier molecular flexibility index (Phi) is 6.02. The molecule has 1 heterocycles. The molecular weight excluding hydrogens is 352 g/mol. The van der Waals surface area contributed by atoms with Crippen LogP contribution in [0.2, 0.25) is 0 Å². The van der Waals surface area contributed by atoms with Gasteiger partial charge in [-0.2, -0.15) is 0 Å². The molecule has 0 unspecified atom stereocenters. The molecule has 2 aromatic carbocycles. The van der Waals surface area contributed by atoms with Crippen molar-refractivity contribution in [1.29, 1.82) is 0 Å². The summed E-state index contributed by atoms with van der Waals surface area (Å²) in [7, 11) is 0. The second-order valence-corrected chi connectivity index (χ2v) is 8.19. The number of hydrogen-bond donors (Lipinski definition) is 1. The minimum absolute atomic E-state index is 0.0174. The van der Waals surface area contributed by atoms with E-state index < -0.39 is 0 Å². The van der Waals surface area contributed by atoms with Gasteiger partial charge in [0.25, 0.3) is 11.8 Å². The molecular formula is C23H28N2O3. The zero-order valence-electron chi connectivity index (χ0n) is 16.8. The SMILES string of the molecule is CC(C)(C)c1cccc(OCC(=O)Nc2cccc(C(=O)N3CCCC3)c2)c1. The van der Waals surface area contributed by atoms with E-state index in [0.29, 0.717) is 17.0 Å². The van der Waals surface area contributed by atoms with E-state index in [9.17, 15) is 9.59 Å². The summed E-state index contributed by atoms with van der Waals surface area (Å²) in [6, 6.07) is 14.9. The van der Waals surface area contributed by atoms with Crippen LogP contribution < -0.4 is 10.1 Å². The number of anilines is 1. The normalized spacial score (nSPS) is 14.0. The third kappa shape index (κ3) is 5.12. The van der Waals surface area contributed by atoms with Gasteiger partial charge in [-0.1, -0.05) is 39.0 Å². The molecule has 5 heteroatoms. The summed E-state index contributed by atoms with van der Waals surface area (Å²) < 4.78 is 5.65. The molecule has 1 saturated heterocycles. The highest BCUT2D eigenvalue weighted by Gasteiger charge is 2.19. The largest absolute Gasteiger partial charge is 0.484 e. The first kappa shape index (κ1) is 19.9. The Morgan fingerprint density at radius 1 is 1.04 bits per heavy atom. The summed E-state index contributed by atoms with van der Waals surface area (Å²) in [5, 5.41) is 2.81. The third-order valence-corrected chi connectivity index (χ3v) is 4.86. The lowest BCUT2D eigenvalue weighted by molar-refractivity contribution is -0.118. The highest BCUT2D eigenvalue weighted by molar-refractivity contribution is 5.97. The first-order chi connectivity index (χ1) is 13.3. The average Bonchev–Trinajstić information content (AvgIpc) is 3.20. The zero-order valence-corrected chi connectivity index (χ0v) is 16.8. The van der Waals surface area contributed by atoms with Crippen molar-refractivity contribution in [2.24, 2.45) is 0 Å². The summed E-state index contributed by atoms with van der Waals surface area (Å²) in [6.45, 7) is 7.92. The molecule has 2 amide bonds. The van der Waals surface area contributed by atoms with Crippen molar-refractivity contribution in [3.63, 3.8) is 0 Å². The van der Waals surface area contributed by atoms with Gasteiger partial charge in [-0.25, -0.2) is 0 Å². The minimum atomic E-state index is -0.257. The Hall–Kier alpha value is -2.82. The summed E-state index contributed by atoms with van der Waals surface area (Å²) >= 11 is 0. The van der Waals surface area contributed by atoms with Crippen LogP contribution in [-0.4, -0.2) is 36.4 Å². The number of carbonyl (C=O) groups excluding carboxylic acids is 2. The fourth-order valence-electron chi connectivity index (χ4n) is 3.23. The van der Waals surface area contributed by atoms with Crippen LogP contribution in [0.3, 0.4) is 0 Å². The lowest BCUT2D eigenvalue weighted by Crippen LogP contribution is -2.27. The molecule has 1 aliphatic heterocycles. The predicted molar refractivity (Wildman–Crippen MR) is 111 cm³/mol. The first-order valence-corrected chi connectivity index (χ1v) is 9.75. The van der Waals surface area contributed by atoms with Gasteiger partial charge in [-0.3, -0.25) is 9.59 Å². The first-order valence-electron chi connectivity index (χ1n) is 9.75. The Balaban J connectivity index is 1.58. The smallest absolute Gasteiger partial charge is 0.262 e. The topological polar surface area (TPSA) is 58.6 Å². The van der Waals surface area contributed by atoms with E-state index in [1.165, 1.54) is 0 Å². The Labute approximate surface area is 166 Å². The van der Waals surface area contributed by atoms with Gasteiger partial charge in [-0.15, -0.1) is 0 Å². The van der Waals surface area contributed by atoms with E-state index in [1.807, 2.05) is 23.1 Å². The van der Waals surface area contributed by atoms with Crippen molar-refractivity contribution in [2.45, 2.75) is 39.0 Å². The van der Waals surface area contributed by atoms with Crippen LogP contribution >= 0.6 is 0 Å². The van der Waals surface area contributed by atoms with E-state index >= 15 is 0 Å². The molecule has 28 heavy (non-hydrogen) atoms. The molecule has 0 radical (unpaired) electrons. The van der Waals surface area contributed by atoms with Crippen molar-refractivity contribution in [3.05, 3.63) is 59.7 Å². The van der Waals surface area contributed by atoms with E-state index in [1.54, 1.807) is 24.3 Å². The van der Waals surface area contributed by atoms with Crippen LogP contribution in [0.25, 0.3) is 0 Å². The molecule has 1 aliphatic rings. The molecule has 1 N–H and O–H groups in total. The van der Waals surface area contributed by atoms with Gasteiger partial charge in [0.05, 0.1) is 0 Å². The number of amides is 2. The minimum Gasteiger partial charge on any atom is -0.484 e. The van der Waals surface area contributed by atoms with E-state index in [2.05, 4.69) is 32.2 Å². The zero-order chi connectivity index (χ0) is 20.1. The molecule has 5 nitrogen and oxygen atoms in total. The van der Waals surface area contributed by atoms with Crippen LogP contribution in [-0.2, 0) is 10.2 Å². The average molecular weight is 380 g/mol. The van der Waals surface area contributed by atoms with Gasteiger partial charge >= 0.3 is 0 Å². The summed E-state index contributed by atoms with van der Waals surface area (Å²) in [6.07, 6.45) is 2.10. The van der Waals surface area contributed by atoms with Gasteiger partial charge in [0, 0.05) is 24.3 Å². The quantitative estimate of drug-likeness (QED) is 0.844. The monoisotopic (exact) mass is 380 g/mol. The second-order valence-electron chi connectivity index (χ2n) is 8.19. The molecule has 2 aromatic rings. The second kappa shape index (κ2) is 8.46. The van der Waals surface area contributed by atoms with Crippen LogP contribution in [0.1, 0.15) is 49.5 Å². The molecule has 0 aliphatic carbocycles. The summed E-state index contributed by atoms with van der Waals surface area (Å²) in [4.78, 5) is 26.6. The van der Waals surface area contributed by atoms with Crippen molar-refractivity contribution in [2.75, 3.05) is 25.0 Å². The summed E-state index contributed by atoms with van der Waals surface area (Å²) in [5.41, 5.74) is 2.36. The molecule has 0 aromatic heterocycles. The number of rotatable bonds is 5. The Morgan fingerprint density at radius 2 is 1.75 bits per heavy atom. The van der Waals surface area contributed by atoms with Crippen molar-refractivity contribution >= 4 is 17.5 Å². The predicted octanol–water partition coefficient (Wildman–Crippen LogP) is 4.24. The van der Waals surface area contributed by atoms with Crippen LogP contribution in [0.15, 0.2) is 48.5 Å². The number of likely N-dealkylation sites (tertiary alicyclic amines) is 1. The fraction of sp³-hybridized carbons (Fsp3) is 0.391. The standard InChI is InChI=1S/C23H28N2O3/c1-23(2,3)18-9-7-11-20(15-18)28-16-21(26)24-19-10-6-8-17(14-19)22(27)25-12-4-5-13-25/h6-11,14-15H,4-5,12-13,16H2,1-3H3,(H,24,26). The highest BCUT2D eigenvalue weighted by atomic mass is 16.5. The van der Waals surface area contributed by atoms with Crippen molar-refractivity contribution in [3.8, 4) is 5.75 Å². The molecule has 0 saturated carbocycles.